The molecule has 0 spiro atoms. The highest BCUT2D eigenvalue weighted by Gasteiger charge is 1.96. The fourth-order valence-corrected chi connectivity index (χ4v) is 1.34. The second kappa shape index (κ2) is 4.37. The van der Waals surface area contributed by atoms with Crippen LogP contribution in [-0.4, -0.2) is 16.4 Å². The minimum absolute atomic E-state index is 0.859. The summed E-state index contributed by atoms with van der Waals surface area (Å²) in [6.07, 6.45) is 3.15. The standard InChI is InChI=1S/C12H10N2O/c15-14-9-10-4-6-11(7-5-10)12-3-1-2-8-13-12/h1-9,15H. The van der Waals surface area contributed by atoms with Crippen molar-refractivity contribution in [2.75, 3.05) is 0 Å². The van der Waals surface area contributed by atoms with Gasteiger partial charge in [0, 0.05) is 11.8 Å². The first kappa shape index (κ1) is 9.40. The monoisotopic (exact) mass is 198 g/mol. The van der Waals surface area contributed by atoms with Gasteiger partial charge in [0.2, 0.25) is 0 Å². The largest absolute Gasteiger partial charge is 0.411 e. The predicted octanol–water partition coefficient (Wildman–Crippen LogP) is 2.56. The van der Waals surface area contributed by atoms with Crippen molar-refractivity contribution in [2.24, 2.45) is 5.16 Å². The summed E-state index contributed by atoms with van der Waals surface area (Å²) in [6.45, 7) is 0. The normalized spacial score (nSPS) is 10.7. The van der Waals surface area contributed by atoms with Crippen LogP contribution in [0.15, 0.2) is 53.8 Å². The van der Waals surface area contributed by atoms with Gasteiger partial charge in [0.05, 0.1) is 11.9 Å². The van der Waals surface area contributed by atoms with E-state index >= 15 is 0 Å². The van der Waals surface area contributed by atoms with Crippen molar-refractivity contribution >= 4 is 6.21 Å². The number of hydrogen-bond donors (Lipinski definition) is 1. The van der Waals surface area contributed by atoms with E-state index in [9.17, 15) is 0 Å². The van der Waals surface area contributed by atoms with Gasteiger partial charge in [-0.05, 0) is 17.7 Å². The number of pyridine rings is 1. The summed E-state index contributed by atoms with van der Waals surface area (Å²) in [7, 11) is 0. The lowest BCUT2D eigenvalue weighted by Crippen LogP contribution is -1.84. The Bertz CT molecular complexity index is 449. The Morgan fingerprint density at radius 2 is 1.87 bits per heavy atom. The molecule has 1 N–H and O–H groups in total. The van der Waals surface area contributed by atoms with Gasteiger partial charge in [-0.15, -0.1) is 0 Å². The second-order valence-electron chi connectivity index (χ2n) is 3.08. The minimum atomic E-state index is 0.859. The first-order chi connectivity index (χ1) is 7.40. The number of nitrogens with zero attached hydrogens (tertiary/aromatic N) is 2. The molecule has 0 amide bonds. The summed E-state index contributed by atoms with van der Waals surface area (Å²) >= 11 is 0. The molecule has 15 heavy (non-hydrogen) atoms. The van der Waals surface area contributed by atoms with E-state index in [2.05, 4.69) is 10.1 Å². The smallest absolute Gasteiger partial charge is 0.0733 e. The average Bonchev–Trinajstić information content (AvgIpc) is 2.32. The van der Waals surface area contributed by atoms with Crippen molar-refractivity contribution < 1.29 is 5.21 Å². The summed E-state index contributed by atoms with van der Waals surface area (Å²) < 4.78 is 0. The summed E-state index contributed by atoms with van der Waals surface area (Å²) in [5.74, 6) is 0. The Morgan fingerprint density at radius 3 is 2.47 bits per heavy atom. The van der Waals surface area contributed by atoms with Crippen LogP contribution in [0, 0.1) is 0 Å². The predicted molar refractivity (Wildman–Crippen MR) is 59.1 cm³/mol. The van der Waals surface area contributed by atoms with E-state index in [1.165, 1.54) is 6.21 Å². The van der Waals surface area contributed by atoms with Crippen molar-refractivity contribution in [3.63, 3.8) is 0 Å². The highest BCUT2D eigenvalue weighted by Crippen LogP contribution is 2.15. The maximum absolute atomic E-state index is 8.36. The number of hydrogen-bond acceptors (Lipinski definition) is 3. The highest BCUT2D eigenvalue weighted by molar-refractivity contribution is 5.80. The van der Waals surface area contributed by atoms with Crippen molar-refractivity contribution in [3.05, 3.63) is 54.2 Å². The third-order valence-corrected chi connectivity index (χ3v) is 2.08. The van der Waals surface area contributed by atoms with Gasteiger partial charge in [-0.2, -0.15) is 0 Å². The summed E-state index contributed by atoms with van der Waals surface area (Å²) in [5.41, 5.74) is 2.84. The lowest BCUT2D eigenvalue weighted by atomic mass is 10.1. The first-order valence-electron chi connectivity index (χ1n) is 4.59. The van der Waals surface area contributed by atoms with Crippen LogP contribution in [-0.2, 0) is 0 Å². The van der Waals surface area contributed by atoms with E-state index in [0.29, 0.717) is 0 Å². The van der Waals surface area contributed by atoms with Crippen LogP contribution in [0.2, 0.25) is 0 Å². The van der Waals surface area contributed by atoms with Gasteiger partial charge in [-0.25, -0.2) is 0 Å². The molecule has 0 aliphatic heterocycles. The molecular formula is C12H10N2O. The lowest BCUT2D eigenvalue weighted by Gasteiger charge is -1.99. The van der Waals surface area contributed by atoms with Gasteiger partial charge in [0.1, 0.15) is 0 Å². The van der Waals surface area contributed by atoms with Gasteiger partial charge < -0.3 is 5.21 Å². The molecule has 1 heterocycles. The minimum Gasteiger partial charge on any atom is -0.411 e. The third kappa shape index (κ3) is 2.20. The fourth-order valence-electron chi connectivity index (χ4n) is 1.34. The van der Waals surface area contributed by atoms with Gasteiger partial charge in [-0.3, -0.25) is 4.98 Å². The van der Waals surface area contributed by atoms with Crippen LogP contribution in [0.4, 0.5) is 0 Å². The Balaban J connectivity index is 2.32. The van der Waals surface area contributed by atoms with E-state index in [0.717, 1.165) is 16.8 Å². The van der Waals surface area contributed by atoms with Crippen LogP contribution in [0.5, 0.6) is 0 Å². The average molecular weight is 198 g/mol. The van der Waals surface area contributed by atoms with E-state index in [1.54, 1.807) is 6.20 Å². The molecule has 0 radical (unpaired) electrons. The van der Waals surface area contributed by atoms with Crippen LogP contribution in [0.25, 0.3) is 11.3 Å². The van der Waals surface area contributed by atoms with Crippen LogP contribution in [0.3, 0.4) is 0 Å². The molecule has 0 saturated carbocycles. The van der Waals surface area contributed by atoms with E-state index in [-0.39, 0.29) is 0 Å². The summed E-state index contributed by atoms with van der Waals surface area (Å²) in [6, 6.07) is 13.4. The number of benzene rings is 1. The fraction of sp³-hybridized carbons (Fsp3) is 0. The molecule has 3 nitrogen and oxygen atoms in total. The number of oxime groups is 1. The number of aromatic nitrogens is 1. The lowest BCUT2D eigenvalue weighted by molar-refractivity contribution is 0.322. The number of rotatable bonds is 2. The van der Waals surface area contributed by atoms with Gasteiger partial charge in [0.25, 0.3) is 0 Å². The van der Waals surface area contributed by atoms with Gasteiger partial charge in [0.15, 0.2) is 0 Å². The highest BCUT2D eigenvalue weighted by atomic mass is 16.4. The van der Waals surface area contributed by atoms with Crippen LogP contribution >= 0.6 is 0 Å². The summed E-state index contributed by atoms with van der Waals surface area (Å²) in [4.78, 5) is 4.24. The Labute approximate surface area is 87.7 Å². The SMILES string of the molecule is ON=Cc1ccc(-c2ccccn2)cc1. The molecule has 2 rings (SSSR count). The quantitative estimate of drug-likeness (QED) is 0.458. The molecule has 0 fully saturated rings. The van der Waals surface area contributed by atoms with Crippen molar-refractivity contribution in [1.29, 1.82) is 0 Å². The molecule has 2 aromatic rings. The Kier molecular flexibility index (Phi) is 2.74. The summed E-state index contributed by atoms with van der Waals surface area (Å²) in [5, 5.41) is 11.3. The van der Waals surface area contributed by atoms with E-state index in [1.807, 2.05) is 42.5 Å². The zero-order valence-corrected chi connectivity index (χ0v) is 8.04. The van der Waals surface area contributed by atoms with Gasteiger partial charge >= 0.3 is 0 Å². The van der Waals surface area contributed by atoms with E-state index < -0.39 is 0 Å². The Hall–Kier alpha value is -2.16. The molecule has 1 aromatic heterocycles. The molecule has 3 heteroatoms. The molecule has 0 saturated heterocycles. The maximum Gasteiger partial charge on any atom is 0.0733 e. The van der Waals surface area contributed by atoms with Crippen LogP contribution in [0.1, 0.15) is 5.56 Å². The van der Waals surface area contributed by atoms with Crippen molar-refractivity contribution in [2.45, 2.75) is 0 Å². The van der Waals surface area contributed by atoms with Gasteiger partial charge in [-0.1, -0.05) is 35.5 Å². The molecule has 0 unspecified atom stereocenters. The third-order valence-electron chi connectivity index (χ3n) is 2.08. The van der Waals surface area contributed by atoms with E-state index in [4.69, 9.17) is 5.21 Å². The Morgan fingerprint density at radius 1 is 1.07 bits per heavy atom. The molecule has 74 valence electrons. The molecular weight excluding hydrogens is 188 g/mol. The zero-order valence-electron chi connectivity index (χ0n) is 8.04. The molecule has 0 aliphatic rings. The first-order valence-corrected chi connectivity index (χ1v) is 4.59. The van der Waals surface area contributed by atoms with Crippen molar-refractivity contribution in [3.8, 4) is 11.3 Å². The zero-order chi connectivity index (χ0) is 10.5. The maximum atomic E-state index is 8.36. The molecule has 0 bridgehead atoms. The topological polar surface area (TPSA) is 45.5 Å². The molecule has 1 aromatic carbocycles. The second-order valence-corrected chi connectivity index (χ2v) is 3.08. The van der Waals surface area contributed by atoms with Crippen molar-refractivity contribution in [1.82, 2.24) is 4.98 Å². The molecule has 0 atom stereocenters. The molecule has 0 aliphatic carbocycles. The van der Waals surface area contributed by atoms with Crippen LogP contribution < -0.4 is 0 Å².